The molecule has 45 heavy (non-hydrogen) atoms. The van der Waals surface area contributed by atoms with E-state index in [2.05, 4.69) is 10.8 Å². The van der Waals surface area contributed by atoms with E-state index >= 15 is 0 Å². The largest absolute Gasteiger partial charge is 0.498 e. The van der Waals surface area contributed by atoms with Gasteiger partial charge in [-0.2, -0.15) is 0 Å². The SMILES string of the molecule is COC1C(=O)OC2C(O)CO/C=C/C3=C(CCC(=O)OCC2/C=C(\C)C24OC5CC(O)C2C(C=CC4C1OC)C5)C(=O)OC3=O. The molecule has 13 heteroatoms. The summed E-state index contributed by atoms with van der Waals surface area (Å²) >= 11 is 0. The van der Waals surface area contributed by atoms with E-state index in [0.29, 0.717) is 12.0 Å². The first-order valence-electron chi connectivity index (χ1n) is 15.2. The van der Waals surface area contributed by atoms with Gasteiger partial charge in [0, 0.05) is 32.5 Å². The molecular formula is C32H38O13. The Balaban J connectivity index is 1.42. The summed E-state index contributed by atoms with van der Waals surface area (Å²) in [7, 11) is 2.82. The minimum absolute atomic E-state index is 0.0158. The van der Waals surface area contributed by atoms with Crippen molar-refractivity contribution < 1.29 is 62.5 Å². The molecule has 5 heterocycles. The predicted molar refractivity (Wildman–Crippen MR) is 151 cm³/mol. The Bertz CT molecular complexity index is 1360. The number of cyclic esters (lactones) is 3. The highest BCUT2D eigenvalue weighted by molar-refractivity contribution is 6.14. The van der Waals surface area contributed by atoms with Gasteiger partial charge in [0.2, 0.25) is 0 Å². The maximum absolute atomic E-state index is 13.8. The van der Waals surface area contributed by atoms with Gasteiger partial charge in [-0.3, -0.25) is 4.79 Å². The lowest BCUT2D eigenvalue weighted by molar-refractivity contribution is -0.267. The van der Waals surface area contributed by atoms with E-state index < -0.39 is 71.8 Å². The summed E-state index contributed by atoms with van der Waals surface area (Å²) in [5.41, 5.74) is -0.438. The van der Waals surface area contributed by atoms with Gasteiger partial charge in [-0.25, -0.2) is 14.4 Å². The number of rotatable bonds is 2. The minimum Gasteiger partial charge on any atom is -0.498 e. The summed E-state index contributed by atoms with van der Waals surface area (Å²) < 4.78 is 40.1. The monoisotopic (exact) mass is 630 g/mol. The number of esters is 4. The molecule has 5 aliphatic heterocycles. The normalized spacial score (nSPS) is 43.7. The number of methoxy groups -OCH3 is 2. The maximum Gasteiger partial charge on any atom is 0.346 e. The van der Waals surface area contributed by atoms with Crippen molar-refractivity contribution in [3.63, 3.8) is 0 Å². The molecule has 3 fully saturated rings. The zero-order valence-electron chi connectivity index (χ0n) is 25.3. The maximum atomic E-state index is 13.8. The summed E-state index contributed by atoms with van der Waals surface area (Å²) in [6.45, 7) is 1.17. The first kappa shape index (κ1) is 31.6. The Labute approximate surface area is 259 Å². The van der Waals surface area contributed by atoms with E-state index in [1.165, 1.54) is 20.3 Å². The second-order valence-electron chi connectivity index (χ2n) is 12.4. The Morgan fingerprint density at radius 3 is 2.47 bits per heavy atom. The molecular weight excluding hydrogens is 592 g/mol. The smallest absolute Gasteiger partial charge is 0.346 e. The van der Waals surface area contributed by atoms with Gasteiger partial charge >= 0.3 is 23.9 Å². The molecule has 1 saturated carbocycles. The summed E-state index contributed by atoms with van der Waals surface area (Å²) in [5.74, 6) is -4.98. The van der Waals surface area contributed by atoms with Gasteiger partial charge in [-0.15, -0.1) is 0 Å². The van der Waals surface area contributed by atoms with Gasteiger partial charge in [-0.1, -0.05) is 18.2 Å². The van der Waals surface area contributed by atoms with Crippen LogP contribution in [0.25, 0.3) is 0 Å². The molecule has 0 radical (unpaired) electrons. The van der Waals surface area contributed by atoms with Gasteiger partial charge in [-0.05, 0) is 43.8 Å². The van der Waals surface area contributed by atoms with Gasteiger partial charge in [0.1, 0.15) is 37.1 Å². The Hall–Kier alpha value is -3.36. The highest BCUT2D eigenvalue weighted by atomic mass is 16.6. The van der Waals surface area contributed by atoms with Crippen LogP contribution in [0.3, 0.4) is 0 Å². The molecule has 11 unspecified atom stereocenters. The van der Waals surface area contributed by atoms with Crippen molar-refractivity contribution in [1.82, 2.24) is 0 Å². The van der Waals surface area contributed by atoms with Crippen molar-refractivity contribution in [3.8, 4) is 0 Å². The van der Waals surface area contributed by atoms with Crippen LogP contribution in [0.4, 0.5) is 0 Å². The second kappa shape index (κ2) is 12.4. The van der Waals surface area contributed by atoms with Crippen LogP contribution in [-0.4, -0.2) is 104 Å². The van der Waals surface area contributed by atoms with Crippen molar-refractivity contribution in [3.05, 3.63) is 47.3 Å². The third kappa shape index (κ3) is 5.44. The molecule has 4 bridgehead atoms. The highest BCUT2D eigenvalue weighted by Crippen LogP contribution is 2.58. The Morgan fingerprint density at radius 2 is 1.73 bits per heavy atom. The molecule has 244 valence electrons. The third-order valence-corrected chi connectivity index (χ3v) is 9.97. The van der Waals surface area contributed by atoms with Gasteiger partial charge in [0.25, 0.3) is 0 Å². The van der Waals surface area contributed by atoms with Crippen molar-refractivity contribution in [2.75, 3.05) is 27.4 Å². The van der Waals surface area contributed by atoms with Crippen LogP contribution >= 0.6 is 0 Å². The van der Waals surface area contributed by atoms with E-state index in [9.17, 15) is 29.4 Å². The molecule has 2 N–H and O–H groups in total. The minimum atomic E-state index is -1.44. The summed E-state index contributed by atoms with van der Waals surface area (Å²) in [6, 6.07) is 0. The standard InChI is InChI=1S/C32H38O13/c1-15-10-17-13-42-24(35)7-5-19-20(30(37)44-29(19)36)8-9-41-14-23(34)26(17)43-31(38)28(40-3)27(39-2)21-6-4-16-11-18-12-22(33)25(16)32(15,21)45-18/h4,6,8-10,16-18,21-23,25-28,33-34H,5,7,11-14H2,1-3H3/b9-8+,15-10+. The zero-order valence-corrected chi connectivity index (χ0v) is 25.3. The fraction of sp³-hybridized carbons (Fsp3) is 0.625. The second-order valence-corrected chi connectivity index (χ2v) is 12.4. The van der Waals surface area contributed by atoms with Crippen molar-refractivity contribution in [2.24, 2.45) is 23.7 Å². The van der Waals surface area contributed by atoms with Crippen molar-refractivity contribution in [2.45, 2.75) is 74.8 Å². The molecule has 11 atom stereocenters. The molecule has 7 aliphatic rings. The van der Waals surface area contributed by atoms with E-state index in [4.69, 9.17) is 28.4 Å². The lowest BCUT2D eigenvalue weighted by Crippen LogP contribution is -2.69. The van der Waals surface area contributed by atoms with Crippen molar-refractivity contribution in [1.29, 1.82) is 0 Å². The van der Waals surface area contributed by atoms with Crippen LogP contribution in [0.2, 0.25) is 0 Å². The number of allylic oxidation sites excluding steroid dienone is 1. The Morgan fingerprint density at radius 1 is 0.933 bits per heavy atom. The number of carbonyl (C=O) groups excluding carboxylic acids is 4. The highest BCUT2D eigenvalue weighted by Gasteiger charge is 2.64. The van der Waals surface area contributed by atoms with E-state index in [1.54, 1.807) is 6.08 Å². The lowest BCUT2D eigenvalue weighted by Gasteiger charge is -2.62. The number of fused-ring (bicyclic) bond motifs is 2. The van der Waals surface area contributed by atoms with Crippen LogP contribution in [-0.2, 0) is 52.3 Å². The quantitative estimate of drug-likeness (QED) is 0.190. The van der Waals surface area contributed by atoms with E-state index in [0.717, 1.165) is 12.7 Å². The first-order chi connectivity index (χ1) is 21.6. The third-order valence-electron chi connectivity index (χ3n) is 9.97. The number of hydrogen-bond acceptors (Lipinski definition) is 13. The lowest BCUT2D eigenvalue weighted by atomic mass is 9.54. The van der Waals surface area contributed by atoms with Crippen LogP contribution in [0.5, 0.6) is 0 Å². The van der Waals surface area contributed by atoms with E-state index in [-0.39, 0.29) is 55.1 Å². The molecule has 0 amide bonds. The summed E-state index contributed by atoms with van der Waals surface area (Å²) in [5, 5.41) is 22.7. The summed E-state index contributed by atoms with van der Waals surface area (Å²) in [6.07, 6.45) is 3.27. The molecule has 2 aliphatic carbocycles. The first-order valence-corrected chi connectivity index (χ1v) is 15.2. The number of aliphatic hydroxyl groups excluding tert-OH is 2. The van der Waals surface area contributed by atoms with Crippen LogP contribution < -0.4 is 0 Å². The van der Waals surface area contributed by atoms with Gasteiger partial charge in [0.05, 0.1) is 35.5 Å². The molecule has 1 spiro atoms. The number of hydrogen-bond donors (Lipinski definition) is 2. The summed E-state index contributed by atoms with van der Waals surface area (Å²) in [4.78, 5) is 51.1. The molecule has 0 aromatic heterocycles. The average molecular weight is 631 g/mol. The van der Waals surface area contributed by atoms with Crippen molar-refractivity contribution >= 4 is 23.9 Å². The zero-order chi connectivity index (χ0) is 32.0. The fourth-order valence-corrected chi connectivity index (χ4v) is 8.04. The Kier molecular flexibility index (Phi) is 8.74. The predicted octanol–water partition coefficient (Wildman–Crippen LogP) is 0.823. The molecule has 7 rings (SSSR count). The fourth-order valence-electron chi connectivity index (χ4n) is 8.04. The number of aliphatic hydroxyl groups is 2. The molecule has 0 aromatic carbocycles. The van der Waals surface area contributed by atoms with Crippen LogP contribution in [0.15, 0.2) is 47.3 Å². The number of ether oxygens (including phenoxy) is 7. The topological polar surface area (TPSA) is 173 Å². The van der Waals surface area contributed by atoms with Gasteiger partial charge < -0.3 is 43.4 Å². The van der Waals surface area contributed by atoms with E-state index in [1.807, 2.05) is 13.0 Å². The van der Waals surface area contributed by atoms with Crippen LogP contribution in [0, 0.1) is 23.7 Å². The molecule has 13 nitrogen and oxygen atoms in total. The molecule has 0 aromatic rings. The molecule has 2 saturated heterocycles. The number of carbonyl (C=O) groups is 4. The average Bonchev–Trinajstić information content (AvgIpc) is 3.28. The van der Waals surface area contributed by atoms with Gasteiger partial charge in [0.15, 0.2) is 6.10 Å². The van der Waals surface area contributed by atoms with Crippen LogP contribution in [0.1, 0.15) is 32.6 Å².